The zero-order valence-corrected chi connectivity index (χ0v) is 11.1. The largest absolute Gasteiger partial charge is 0.481 e. The van der Waals surface area contributed by atoms with Gasteiger partial charge in [0.25, 0.3) is 0 Å². The van der Waals surface area contributed by atoms with Crippen LogP contribution < -0.4 is 11.1 Å². The third-order valence-corrected chi connectivity index (χ3v) is 2.68. The monoisotopic (exact) mass is 279 g/mol. The molecule has 7 nitrogen and oxygen atoms in total. The van der Waals surface area contributed by atoms with E-state index in [2.05, 4.69) is 5.32 Å². The fourth-order valence-corrected chi connectivity index (χ4v) is 1.49. The molecule has 0 unspecified atom stereocenters. The summed E-state index contributed by atoms with van der Waals surface area (Å²) < 4.78 is 0. The number of rotatable bonds is 5. The smallest absolute Gasteiger partial charge is 0.325 e. The van der Waals surface area contributed by atoms with Crippen LogP contribution in [0.1, 0.15) is 12.5 Å². The molecule has 0 spiro atoms. The summed E-state index contributed by atoms with van der Waals surface area (Å²) >= 11 is 0. The number of primary amides is 1. The Morgan fingerprint density at radius 3 is 2.40 bits per heavy atom. The fraction of sp³-hybridized carbons (Fsp3) is 0.308. The molecule has 0 saturated heterocycles. The minimum absolute atomic E-state index is 0.227. The Labute approximate surface area is 116 Å². The van der Waals surface area contributed by atoms with E-state index in [1.807, 2.05) is 30.3 Å². The van der Waals surface area contributed by atoms with Gasteiger partial charge in [-0.05, 0) is 5.56 Å². The van der Waals surface area contributed by atoms with E-state index in [-0.39, 0.29) is 13.1 Å². The maximum absolute atomic E-state index is 11.8. The number of benzene rings is 1. The van der Waals surface area contributed by atoms with E-state index in [4.69, 9.17) is 10.8 Å². The SMILES string of the molecule is C[C@@H](CN(C(N)=O)C(=O)NCc1ccccc1)C(=O)O. The molecule has 108 valence electrons. The van der Waals surface area contributed by atoms with Gasteiger partial charge in [0.2, 0.25) is 0 Å². The van der Waals surface area contributed by atoms with E-state index in [1.54, 1.807) is 0 Å². The van der Waals surface area contributed by atoms with Crippen LogP contribution >= 0.6 is 0 Å². The van der Waals surface area contributed by atoms with Crippen molar-refractivity contribution in [2.75, 3.05) is 6.54 Å². The highest BCUT2D eigenvalue weighted by atomic mass is 16.4. The molecule has 0 aliphatic heterocycles. The number of carboxylic acids is 1. The quantitative estimate of drug-likeness (QED) is 0.746. The molecule has 0 saturated carbocycles. The van der Waals surface area contributed by atoms with Gasteiger partial charge >= 0.3 is 18.0 Å². The Hall–Kier alpha value is -2.57. The molecule has 4 amide bonds. The Kier molecular flexibility index (Phi) is 5.52. The van der Waals surface area contributed by atoms with E-state index >= 15 is 0 Å². The molecule has 20 heavy (non-hydrogen) atoms. The van der Waals surface area contributed by atoms with Gasteiger partial charge in [0.1, 0.15) is 0 Å². The molecule has 0 radical (unpaired) electrons. The number of imide groups is 1. The average molecular weight is 279 g/mol. The number of nitrogens with two attached hydrogens (primary N) is 1. The van der Waals surface area contributed by atoms with Gasteiger partial charge in [0.15, 0.2) is 0 Å². The topological polar surface area (TPSA) is 113 Å². The number of nitrogens with zero attached hydrogens (tertiary/aromatic N) is 1. The van der Waals surface area contributed by atoms with E-state index in [0.717, 1.165) is 5.56 Å². The van der Waals surface area contributed by atoms with Gasteiger partial charge in [-0.1, -0.05) is 37.3 Å². The molecule has 1 rings (SSSR count). The molecule has 0 aromatic heterocycles. The summed E-state index contributed by atoms with van der Waals surface area (Å²) in [5.74, 6) is -1.99. The Balaban J connectivity index is 2.61. The van der Waals surface area contributed by atoms with Gasteiger partial charge in [0.05, 0.1) is 5.92 Å². The number of hydrogen-bond donors (Lipinski definition) is 3. The molecule has 0 fully saturated rings. The molecule has 4 N–H and O–H groups in total. The first kappa shape index (κ1) is 15.5. The number of nitrogens with one attached hydrogen (secondary N) is 1. The van der Waals surface area contributed by atoms with E-state index in [0.29, 0.717) is 4.90 Å². The van der Waals surface area contributed by atoms with Crippen LogP contribution in [0.5, 0.6) is 0 Å². The van der Waals surface area contributed by atoms with Crippen LogP contribution in [0.2, 0.25) is 0 Å². The number of carbonyl (C=O) groups is 3. The summed E-state index contributed by atoms with van der Waals surface area (Å²) in [5, 5.41) is 11.3. The van der Waals surface area contributed by atoms with E-state index in [1.165, 1.54) is 6.92 Å². The van der Waals surface area contributed by atoms with Crippen LogP contribution in [0.25, 0.3) is 0 Å². The van der Waals surface area contributed by atoms with Gasteiger partial charge < -0.3 is 16.2 Å². The number of urea groups is 2. The van der Waals surface area contributed by atoms with Crippen molar-refractivity contribution in [1.82, 2.24) is 10.2 Å². The minimum Gasteiger partial charge on any atom is -0.481 e. The number of hydrogen-bond acceptors (Lipinski definition) is 3. The summed E-state index contributed by atoms with van der Waals surface area (Å²) in [4.78, 5) is 34.5. The third kappa shape index (κ3) is 4.60. The fourth-order valence-electron chi connectivity index (χ4n) is 1.49. The standard InChI is InChI=1S/C13H17N3O4/c1-9(11(17)18)8-16(12(14)19)13(20)15-7-10-5-3-2-4-6-10/h2-6,9H,7-8H2,1H3,(H2,14,19)(H,15,20)(H,17,18)/t9-/m0/s1. The highest BCUT2D eigenvalue weighted by Crippen LogP contribution is 2.02. The summed E-state index contributed by atoms with van der Waals surface area (Å²) in [6, 6.07) is 7.41. The first-order valence-corrected chi connectivity index (χ1v) is 6.03. The Morgan fingerprint density at radius 1 is 1.30 bits per heavy atom. The van der Waals surface area contributed by atoms with Crippen molar-refractivity contribution in [1.29, 1.82) is 0 Å². The van der Waals surface area contributed by atoms with Crippen LogP contribution in [0.4, 0.5) is 9.59 Å². The summed E-state index contributed by atoms with van der Waals surface area (Å²) in [6.07, 6.45) is 0. The maximum atomic E-state index is 11.8. The maximum Gasteiger partial charge on any atom is 0.325 e. The zero-order chi connectivity index (χ0) is 15.1. The highest BCUT2D eigenvalue weighted by molar-refractivity contribution is 5.93. The lowest BCUT2D eigenvalue weighted by atomic mass is 10.2. The molecule has 0 aliphatic rings. The minimum atomic E-state index is -1.10. The third-order valence-electron chi connectivity index (χ3n) is 2.68. The lowest BCUT2D eigenvalue weighted by molar-refractivity contribution is -0.141. The van der Waals surface area contributed by atoms with Crippen molar-refractivity contribution >= 4 is 18.0 Å². The predicted octanol–water partition coefficient (Wildman–Crippen LogP) is 0.998. The van der Waals surface area contributed by atoms with Crippen LogP contribution in [-0.2, 0) is 11.3 Å². The Morgan fingerprint density at radius 2 is 1.90 bits per heavy atom. The van der Waals surface area contributed by atoms with Gasteiger partial charge in [0, 0.05) is 13.1 Å². The van der Waals surface area contributed by atoms with Gasteiger partial charge in [-0.25, -0.2) is 14.5 Å². The number of aliphatic carboxylic acids is 1. The molecule has 1 atom stereocenters. The number of amides is 4. The van der Waals surface area contributed by atoms with E-state index in [9.17, 15) is 14.4 Å². The van der Waals surface area contributed by atoms with Gasteiger partial charge in [-0.3, -0.25) is 4.79 Å². The molecular formula is C13H17N3O4. The second-order valence-electron chi connectivity index (χ2n) is 4.33. The van der Waals surface area contributed by atoms with Crippen LogP contribution in [0, 0.1) is 5.92 Å². The first-order valence-electron chi connectivity index (χ1n) is 6.03. The van der Waals surface area contributed by atoms with Crippen LogP contribution in [0.15, 0.2) is 30.3 Å². The van der Waals surface area contributed by atoms with Crippen LogP contribution in [-0.4, -0.2) is 34.6 Å². The second kappa shape index (κ2) is 7.13. The summed E-state index contributed by atoms with van der Waals surface area (Å²) in [5.41, 5.74) is 5.95. The molecule has 1 aromatic rings. The van der Waals surface area contributed by atoms with Crippen molar-refractivity contribution in [2.24, 2.45) is 11.7 Å². The van der Waals surface area contributed by atoms with E-state index < -0.39 is 23.9 Å². The van der Waals surface area contributed by atoms with Crippen molar-refractivity contribution in [3.8, 4) is 0 Å². The second-order valence-corrected chi connectivity index (χ2v) is 4.33. The van der Waals surface area contributed by atoms with Crippen molar-refractivity contribution in [2.45, 2.75) is 13.5 Å². The number of carbonyl (C=O) groups excluding carboxylic acids is 2. The molecule has 7 heteroatoms. The van der Waals surface area contributed by atoms with Gasteiger partial charge in [-0.15, -0.1) is 0 Å². The average Bonchev–Trinajstić information content (AvgIpc) is 2.42. The molecule has 0 heterocycles. The van der Waals surface area contributed by atoms with Crippen LogP contribution in [0.3, 0.4) is 0 Å². The lowest BCUT2D eigenvalue weighted by Crippen LogP contribution is -2.48. The predicted molar refractivity (Wildman–Crippen MR) is 71.8 cm³/mol. The van der Waals surface area contributed by atoms with Crippen molar-refractivity contribution < 1.29 is 19.5 Å². The molecule has 1 aromatic carbocycles. The lowest BCUT2D eigenvalue weighted by Gasteiger charge is -2.21. The van der Waals surface area contributed by atoms with Crippen molar-refractivity contribution in [3.63, 3.8) is 0 Å². The Bertz CT molecular complexity index is 490. The highest BCUT2D eigenvalue weighted by Gasteiger charge is 2.24. The normalized spacial score (nSPS) is 11.4. The number of carboxylic acid groups (broad SMARTS) is 1. The van der Waals surface area contributed by atoms with Crippen molar-refractivity contribution in [3.05, 3.63) is 35.9 Å². The molecular weight excluding hydrogens is 262 g/mol. The summed E-state index contributed by atoms with van der Waals surface area (Å²) in [7, 11) is 0. The zero-order valence-electron chi connectivity index (χ0n) is 11.1. The first-order chi connectivity index (χ1) is 9.41. The summed E-state index contributed by atoms with van der Waals surface area (Å²) in [6.45, 7) is 1.35. The van der Waals surface area contributed by atoms with Gasteiger partial charge in [-0.2, -0.15) is 0 Å². The molecule has 0 aliphatic carbocycles. The molecule has 0 bridgehead atoms.